The van der Waals surface area contributed by atoms with E-state index in [-0.39, 0.29) is 22.9 Å². The minimum absolute atomic E-state index is 0.0807. The van der Waals surface area contributed by atoms with E-state index < -0.39 is 23.5 Å². The summed E-state index contributed by atoms with van der Waals surface area (Å²) < 4.78 is 76.3. The van der Waals surface area contributed by atoms with Crippen LogP contribution in [0.25, 0.3) is 0 Å². The molecule has 0 nitrogen and oxygen atoms in total. The Balaban J connectivity index is 3.66. The van der Waals surface area contributed by atoms with Crippen molar-refractivity contribution in [2.45, 2.75) is 31.0 Å². The summed E-state index contributed by atoms with van der Waals surface area (Å²) in [5.41, 5.74) is -3.29. The molecule has 102 valence electrons. The Hall–Kier alpha value is -0.720. The van der Waals surface area contributed by atoms with Crippen LogP contribution in [0.4, 0.5) is 26.3 Å². The van der Waals surface area contributed by atoms with E-state index in [9.17, 15) is 26.3 Å². The van der Waals surface area contributed by atoms with Crippen molar-refractivity contribution in [3.05, 3.63) is 34.4 Å². The quantitative estimate of drug-likeness (QED) is 0.516. The highest BCUT2D eigenvalue weighted by Gasteiger charge is 2.44. The molecule has 0 N–H and O–H groups in total. The molecule has 0 aliphatic carbocycles. The Kier molecular flexibility index (Phi) is 4.35. The van der Waals surface area contributed by atoms with Crippen molar-refractivity contribution in [2.75, 3.05) is 0 Å². The first kappa shape index (κ1) is 15.3. The molecule has 18 heavy (non-hydrogen) atoms. The molecule has 0 radical (unpaired) electrons. The van der Waals surface area contributed by atoms with Crippen LogP contribution in [0.15, 0.2) is 12.1 Å². The van der Waals surface area contributed by atoms with Gasteiger partial charge in [-0.2, -0.15) is 26.3 Å². The van der Waals surface area contributed by atoms with Crippen LogP contribution in [0.5, 0.6) is 0 Å². The van der Waals surface area contributed by atoms with E-state index in [1.165, 1.54) is 6.92 Å². The topological polar surface area (TPSA) is 0 Å². The summed E-state index contributed by atoms with van der Waals surface area (Å²) in [6, 6.07) is 1.56. The van der Waals surface area contributed by atoms with E-state index in [0.717, 1.165) is 6.07 Å². The average Bonchev–Trinajstić information content (AvgIpc) is 2.24. The monoisotopic (exact) mass is 334 g/mol. The predicted molar refractivity (Wildman–Crippen MR) is 58.5 cm³/mol. The Morgan fingerprint density at radius 2 is 1.56 bits per heavy atom. The highest BCUT2D eigenvalue weighted by molar-refractivity contribution is 9.08. The van der Waals surface area contributed by atoms with Gasteiger partial charge in [0.05, 0.1) is 11.1 Å². The summed E-state index contributed by atoms with van der Waals surface area (Å²) >= 11 is 2.98. The van der Waals surface area contributed by atoms with Crippen molar-refractivity contribution in [3.63, 3.8) is 0 Å². The standard InChI is InChI=1S/C11H9BrF6/c1-2-7-6(5-12)3-4-8(10(13,14)15)9(7)11(16,17)18/h3-4H,2,5H2,1H3. The molecule has 0 heterocycles. The lowest BCUT2D eigenvalue weighted by Crippen LogP contribution is -2.20. The molecule has 0 aliphatic rings. The largest absolute Gasteiger partial charge is 0.417 e. The predicted octanol–water partition coefficient (Wildman–Crippen LogP) is 5.18. The van der Waals surface area contributed by atoms with Gasteiger partial charge in [-0.15, -0.1) is 0 Å². The number of hydrogen-bond acceptors (Lipinski definition) is 0. The molecule has 0 saturated heterocycles. The zero-order valence-electron chi connectivity index (χ0n) is 9.21. The van der Waals surface area contributed by atoms with Gasteiger partial charge < -0.3 is 0 Å². The van der Waals surface area contributed by atoms with Crippen LogP contribution in [-0.2, 0) is 24.1 Å². The second-order valence-electron chi connectivity index (χ2n) is 3.61. The molecule has 0 aromatic heterocycles. The molecule has 0 amide bonds. The molecule has 0 atom stereocenters. The van der Waals surface area contributed by atoms with Gasteiger partial charge in [0.1, 0.15) is 0 Å². The number of halogens is 7. The highest BCUT2D eigenvalue weighted by Crippen LogP contribution is 2.43. The number of alkyl halides is 7. The molecule has 0 bridgehead atoms. The lowest BCUT2D eigenvalue weighted by atomic mass is 9.94. The fourth-order valence-electron chi connectivity index (χ4n) is 1.78. The van der Waals surface area contributed by atoms with E-state index in [1.807, 2.05) is 0 Å². The molecule has 0 aliphatic heterocycles. The highest BCUT2D eigenvalue weighted by atomic mass is 79.9. The molecule has 0 spiro atoms. The summed E-state index contributed by atoms with van der Waals surface area (Å²) in [5.74, 6) is 0. The molecule has 1 aromatic rings. The molecule has 0 fully saturated rings. The van der Waals surface area contributed by atoms with Gasteiger partial charge in [-0.3, -0.25) is 0 Å². The van der Waals surface area contributed by atoms with Crippen LogP contribution in [0.1, 0.15) is 29.2 Å². The molecular formula is C11H9BrF6. The molecular weight excluding hydrogens is 326 g/mol. The SMILES string of the molecule is CCc1c(CBr)ccc(C(F)(F)F)c1C(F)(F)F. The summed E-state index contributed by atoms with van der Waals surface area (Å²) in [6.07, 6.45) is -10.1. The molecule has 1 rings (SSSR count). The van der Waals surface area contributed by atoms with Crippen molar-refractivity contribution >= 4 is 15.9 Å². The zero-order chi connectivity index (χ0) is 14.1. The smallest absolute Gasteiger partial charge is 0.166 e. The molecule has 1 aromatic carbocycles. The van der Waals surface area contributed by atoms with Crippen molar-refractivity contribution in [3.8, 4) is 0 Å². The summed E-state index contributed by atoms with van der Waals surface area (Å²) in [7, 11) is 0. The van der Waals surface area contributed by atoms with E-state index >= 15 is 0 Å². The van der Waals surface area contributed by atoms with Crippen LogP contribution < -0.4 is 0 Å². The van der Waals surface area contributed by atoms with Crippen LogP contribution in [0, 0.1) is 0 Å². The van der Waals surface area contributed by atoms with Crippen LogP contribution in [0.2, 0.25) is 0 Å². The fraction of sp³-hybridized carbons (Fsp3) is 0.455. The number of hydrogen-bond donors (Lipinski definition) is 0. The van der Waals surface area contributed by atoms with E-state index in [0.29, 0.717) is 6.07 Å². The minimum atomic E-state index is -5.02. The molecule has 0 saturated carbocycles. The van der Waals surface area contributed by atoms with Gasteiger partial charge in [-0.25, -0.2) is 0 Å². The molecule has 0 unspecified atom stereocenters. The van der Waals surface area contributed by atoms with Crippen molar-refractivity contribution < 1.29 is 26.3 Å². The van der Waals surface area contributed by atoms with E-state index in [4.69, 9.17) is 0 Å². The van der Waals surface area contributed by atoms with E-state index in [1.54, 1.807) is 0 Å². The lowest BCUT2D eigenvalue weighted by Gasteiger charge is -2.20. The first-order valence-corrected chi connectivity index (χ1v) is 6.10. The first-order chi connectivity index (χ1) is 8.12. The third-order valence-corrected chi connectivity index (χ3v) is 3.10. The van der Waals surface area contributed by atoms with Gasteiger partial charge in [0, 0.05) is 5.33 Å². The van der Waals surface area contributed by atoms with Crippen LogP contribution in [-0.4, -0.2) is 0 Å². The zero-order valence-corrected chi connectivity index (χ0v) is 10.8. The maximum absolute atomic E-state index is 12.8. The summed E-state index contributed by atoms with van der Waals surface area (Å²) in [6.45, 7) is 1.40. The first-order valence-electron chi connectivity index (χ1n) is 4.98. The third-order valence-electron chi connectivity index (χ3n) is 2.50. The van der Waals surface area contributed by atoms with Crippen LogP contribution in [0.3, 0.4) is 0 Å². The Bertz CT molecular complexity index is 432. The maximum Gasteiger partial charge on any atom is 0.417 e. The van der Waals surface area contributed by atoms with Gasteiger partial charge >= 0.3 is 12.4 Å². The van der Waals surface area contributed by atoms with Crippen molar-refractivity contribution in [2.24, 2.45) is 0 Å². The maximum atomic E-state index is 12.8. The van der Waals surface area contributed by atoms with Gasteiger partial charge in [0.25, 0.3) is 0 Å². The van der Waals surface area contributed by atoms with E-state index in [2.05, 4.69) is 15.9 Å². The Morgan fingerprint density at radius 1 is 1.00 bits per heavy atom. The fourth-order valence-corrected chi connectivity index (χ4v) is 2.31. The molecule has 7 heteroatoms. The summed E-state index contributed by atoms with van der Waals surface area (Å²) in [5, 5.41) is 0.0807. The minimum Gasteiger partial charge on any atom is -0.166 e. The third kappa shape index (κ3) is 2.99. The normalized spacial score (nSPS) is 12.9. The van der Waals surface area contributed by atoms with Gasteiger partial charge in [-0.1, -0.05) is 28.9 Å². The van der Waals surface area contributed by atoms with Crippen molar-refractivity contribution in [1.29, 1.82) is 0 Å². The summed E-state index contributed by atoms with van der Waals surface area (Å²) in [4.78, 5) is 0. The van der Waals surface area contributed by atoms with Gasteiger partial charge in [0.15, 0.2) is 0 Å². The second-order valence-corrected chi connectivity index (χ2v) is 4.17. The average molecular weight is 335 g/mol. The lowest BCUT2D eigenvalue weighted by molar-refractivity contribution is -0.162. The number of benzene rings is 1. The van der Waals surface area contributed by atoms with Crippen LogP contribution >= 0.6 is 15.9 Å². The van der Waals surface area contributed by atoms with Gasteiger partial charge in [0.2, 0.25) is 0 Å². The Morgan fingerprint density at radius 3 is 1.89 bits per heavy atom. The number of rotatable bonds is 2. The Labute approximate surface area is 108 Å². The van der Waals surface area contributed by atoms with Gasteiger partial charge in [-0.05, 0) is 23.6 Å². The second kappa shape index (κ2) is 5.11. The van der Waals surface area contributed by atoms with Crippen molar-refractivity contribution in [1.82, 2.24) is 0 Å².